The Hall–Kier alpha value is -1.59. The number of carbonyl (C=O) groups excluding carboxylic acids is 1. The Balaban J connectivity index is 2.15. The van der Waals surface area contributed by atoms with Crippen molar-refractivity contribution in [3.05, 3.63) is 51.6 Å². The van der Waals surface area contributed by atoms with Gasteiger partial charge in [-0.2, -0.15) is 0 Å². The number of hydrogen-bond donors (Lipinski definition) is 0. The third kappa shape index (κ3) is 4.45. The summed E-state index contributed by atoms with van der Waals surface area (Å²) in [5, 5.41) is 0.642. The molecule has 0 saturated carbocycles. The number of hydrogen-bond acceptors (Lipinski definition) is 3. The Labute approximate surface area is 149 Å². The number of nitrogens with zero attached hydrogens (tertiary/aromatic N) is 2. The normalized spacial score (nSPS) is 11.9. The van der Waals surface area contributed by atoms with Gasteiger partial charge < -0.3 is 4.74 Å². The quantitative estimate of drug-likeness (QED) is 0.739. The first-order valence-electron chi connectivity index (χ1n) is 7.28. The van der Waals surface area contributed by atoms with Crippen LogP contribution in [-0.4, -0.2) is 23.5 Å². The second kappa shape index (κ2) is 7.79. The minimum absolute atomic E-state index is 0.142. The molecule has 0 aliphatic carbocycles. The van der Waals surface area contributed by atoms with Crippen molar-refractivity contribution in [1.29, 1.82) is 0 Å². The van der Waals surface area contributed by atoms with Gasteiger partial charge in [0.1, 0.15) is 11.6 Å². The molecule has 6 heteroatoms. The van der Waals surface area contributed by atoms with Crippen molar-refractivity contribution < 1.29 is 9.53 Å². The highest BCUT2D eigenvalue weighted by atomic mass is 79.9. The van der Waals surface area contributed by atoms with Gasteiger partial charge in [-0.3, -0.25) is 9.69 Å². The van der Waals surface area contributed by atoms with Crippen LogP contribution in [0.2, 0.25) is 5.02 Å². The Morgan fingerprint density at radius 2 is 2.13 bits per heavy atom. The fourth-order valence-electron chi connectivity index (χ4n) is 2.16. The lowest BCUT2D eigenvalue weighted by molar-refractivity contribution is -0.124. The molecule has 0 fully saturated rings. The van der Waals surface area contributed by atoms with Crippen LogP contribution in [0.5, 0.6) is 5.75 Å². The summed E-state index contributed by atoms with van der Waals surface area (Å²) in [5.41, 5.74) is 0.891. The van der Waals surface area contributed by atoms with Crippen LogP contribution in [0.25, 0.3) is 0 Å². The lowest BCUT2D eigenvalue weighted by Gasteiger charge is -2.24. The number of rotatable bonds is 5. The number of amides is 1. The van der Waals surface area contributed by atoms with Crippen LogP contribution < -0.4 is 9.64 Å². The number of aromatic nitrogens is 1. The zero-order valence-corrected chi connectivity index (χ0v) is 15.6. The van der Waals surface area contributed by atoms with Crippen molar-refractivity contribution in [3.8, 4) is 5.75 Å². The molecule has 4 nitrogen and oxygen atoms in total. The van der Waals surface area contributed by atoms with E-state index in [4.69, 9.17) is 16.3 Å². The van der Waals surface area contributed by atoms with Gasteiger partial charge in [-0.05, 0) is 72.6 Å². The van der Waals surface area contributed by atoms with E-state index in [-0.39, 0.29) is 5.91 Å². The fraction of sp³-hybridized carbons (Fsp3) is 0.294. The molecule has 23 heavy (non-hydrogen) atoms. The third-order valence-corrected chi connectivity index (χ3v) is 4.06. The summed E-state index contributed by atoms with van der Waals surface area (Å²) in [4.78, 5) is 18.5. The van der Waals surface area contributed by atoms with Gasteiger partial charge in [-0.25, -0.2) is 4.98 Å². The molecule has 0 saturated heterocycles. The Kier molecular flexibility index (Phi) is 6.02. The molecule has 0 bridgehead atoms. The van der Waals surface area contributed by atoms with Crippen LogP contribution in [0.4, 0.5) is 5.82 Å². The SMILES string of the molecule is CCN(C(=O)C(C)Oc1ccc(Cl)cc1C)c1ccc(Br)cn1. The molecule has 0 aliphatic rings. The predicted octanol–water partition coefficient (Wildman–Crippen LogP) is 4.63. The van der Waals surface area contributed by atoms with E-state index in [0.717, 1.165) is 10.0 Å². The number of carbonyl (C=O) groups is 1. The Morgan fingerprint density at radius 1 is 1.39 bits per heavy atom. The van der Waals surface area contributed by atoms with Gasteiger partial charge in [0.15, 0.2) is 6.10 Å². The van der Waals surface area contributed by atoms with Crippen molar-refractivity contribution in [3.63, 3.8) is 0 Å². The highest BCUT2D eigenvalue weighted by Gasteiger charge is 2.23. The molecule has 2 rings (SSSR count). The highest BCUT2D eigenvalue weighted by molar-refractivity contribution is 9.10. The van der Waals surface area contributed by atoms with Gasteiger partial charge in [-0.15, -0.1) is 0 Å². The van der Waals surface area contributed by atoms with Crippen molar-refractivity contribution in [2.24, 2.45) is 0 Å². The van der Waals surface area contributed by atoms with Crippen molar-refractivity contribution in [2.75, 3.05) is 11.4 Å². The molecule has 0 radical (unpaired) electrons. The first-order valence-corrected chi connectivity index (χ1v) is 8.45. The topological polar surface area (TPSA) is 42.4 Å². The van der Waals surface area contributed by atoms with E-state index in [9.17, 15) is 4.79 Å². The van der Waals surface area contributed by atoms with Gasteiger partial charge in [-0.1, -0.05) is 11.6 Å². The zero-order valence-electron chi connectivity index (χ0n) is 13.2. The standard InChI is InChI=1S/C17H18BrClN2O2/c1-4-21(16-8-5-13(18)10-20-16)17(22)12(3)23-15-7-6-14(19)9-11(15)2/h5-10,12H,4H2,1-3H3. The number of halogens is 2. The monoisotopic (exact) mass is 396 g/mol. The number of pyridine rings is 1. The third-order valence-electron chi connectivity index (χ3n) is 3.36. The van der Waals surface area contributed by atoms with E-state index >= 15 is 0 Å². The lowest BCUT2D eigenvalue weighted by Crippen LogP contribution is -2.41. The lowest BCUT2D eigenvalue weighted by atomic mass is 10.2. The Bertz CT molecular complexity index is 691. The summed E-state index contributed by atoms with van der Waals surface area (Å²) in [6.45, 7) is 6.05. The molecule has 1 unspecified atom stereocenters. The summed E-state index contributed by atoms with van der Waals surface area (Å²) < 4.78 is 6.67. The maximum atomic E-state index is 12.7. The molecule has 0 N–H and O–H groups in total. The summed E-state index contributed by atoms with van der Waals surface area (Å²) in [6, 6.07) is 8.98. The average Bonchev–Trinajstić information content (AvgIpc) is 2.52. The molecule has 0 aliphatic heterocycles. The second-order valence-corrected chi connectivity index (χ2v) is 6.44. The van der Waals surface area contributed by atoms with Gasteiger partial charge in [0, 0.05) is 22.2 Å². The molecule has 1 aromatic carbocycles. The molecule has 122 valence electrons. The molecule has 1 heterocycles. The van der Waals surface area contributed by atoms with Crippen molar-refractivity contribution in [1.82, 2.24) is 4.98 Å². The Morgan fingerprint density at radius 3 is 2.70 bits per heavy atom. The van der Waals surface area contributed by atoms with Crippen LogP contribution in [0.1, 0.15) is 19.4 Å². The van der Waals surface area contributed by atoms with E-state index < -0.39 is 6.10 Å². The number of likely N-dealkylation sites (N-methyl/N-ethyl adjacent to an activating group) is 1. The van der Waals surface area contributed by atoms with Crippen molar-refractivity contribution in [2.45, 2.75) is 26.9 Å². The summed E-state index contributed by atoms with van der Waals surface area (Å²) in [5.74, 6) is 1.11. The van der Waals surface area contributed by atoms with Gasteiger partial charge in [0.2, 0.25) is 0 Å². The molecule has 2 aromatic rings. The van der Waals surface area contributed by atoms with Gasteiger partial charge in [0.25, 0.3) is 5.91 Å². The first-order chi connectivity index (χ1) is 10.9. The minimum Gasteiger partial charge on any atom is -0.481 e. The second-order valence-electron chi connectivity index (χ2n) is 5.09. The van der Waals surface area contributed by atoms with E-state index in [2.05, 4.69) is 20.9 Å². The molecule has 1 aromatic heterocycles. The maximum Gasteiger partial charge on any atom is 0.268 e. The predicted molar refractivity (Wildman–Crippen MR) is 96.2 cm³/mol. The smallest absolute Gasteiger partial charge is 0.268 e. The van der Waals surface area contributed by atoms with Crippen LogP contribution in [0, 0.1) is 6.92 Å². The van der Waals surface area contributed by atoms with E-state index in [0.29, 0.717) is 23.1 Å². The van der Waals surface area contributed by atoms with Crippen LogP contribution >= 0.6 is 27.5 Å². The number of benzene rings is 1. The molecule has 1 atom stereocenters. The van der Waals surface area contributed by atoms with E-state index in [1.807, 2.05) is 26.0 Å². The fourth-order valence-corrected chi connectivity index (χ4v) is 2.62. The van der Waals surface area contributed by atoms with Gasteiger partial charge in [0.05, 0.1) is 0 Å². The molecular weight excluding hydrogens is 380 g/mol. The summed E-state index contributed by atoms with van der Waals surface area (Å²) in [7, 11) is 0. The number of ether oxygens (including phenoxy) is 1. The molecule has 1 amide bonds. The summed E-state index contributed by atoms with van der Waals surface area (Å²) >= 11 is 9.28. The molecule has 0 spiro atoms. The van der Waals surface area contributed by atoms with Crippen molar-refractivity contribution >= 4 is 39.3 Å². The van der Waals surface area contributed by atoms with E-state index in [1.165, 1.54) is 0 Å². The average molecular weight is 398 g/mol. The van der Waals surface area contributed by atoms with Crippen LogP contribution in [-0.2, 0) is 4.79 Å². The largest absolute Gasteiger partial charge is 0.481 e. The van der Waals surface area contributed by atoms with Gasteiger partial charge >= 0.3 is 0 Å². The number of aryl methyl sites for hydroxylation is 1. The number of anilines is 1. The van der Waals surface area contributed by atoms with E-state index in [1.54, 1.807) is 36.2 Å². The molecular formula is C17H18BrClN2O2. The van der Waals surface area contributed by atoms with Crippen LogP contribution in [0.3, 0.4) is 0 Å². The maximum absolute atomic E-state index is 12.7. The van der Waals surface area contributed by atoms with Crippen LogP contribution in [0.15, 0.2) is 41.0 Å². The minimum atomic E-state index is -0.625. The zero-order chi connectivity index (χ0) is 17.0. The summed E-state index contributed by atoms with van der Waals surface area (Å²) in [6.07, 6.45) is 1.04. The first kappa shape index (κ1) is 17.8. The highest BCUT2D eigenvalue weighted by Crippen LogP contribution is 2.24.